The molecule has 0 aliphatic heterocycles. The number of hydrogen-bond donors (Lipinski definition) is 0. The maximum atomic E-state index is 13.3. The van der Waals surface area contributed by atoms with Gasteiger partial charge in [0.1, 0.15) is 0 Å². The number of amides is 1. The number of fused-ring (bicyclic) bond motifs is 1. The molecule has 148 valence electrons. The monoisotopic (exact) mass is 397 g/mol. The lowest BCUT2D eigenvalue weighted by molar-refractivity contribution is -0.133. The van der Waals surface area contributed by atoms with E-state index in [1.807, 2.05) is 43.2 Å². The van der Waals surface area contributed by atoms with Crippen molar-refractivity contribution in [1.29, 1.82) is 0 Å². The molecule has 1 atom stereocenters. The number of hydrogen-bond acceptors (Lipinski definition) is 5. The first kappa shape index (κ1) is 20.3. The summed E-state index contributed by atoms with van der Waals surface area (Å²) >= 11 is 1.48. The second-order valence-corrected chi connectivity index (χ2v) is 7.79. The van der Waals surface area contributed by atoms with Gasteiger partial charge in [-0.3, -0.25) is 4.79 Å². The highest BCUT2D eigenvalue weighted by Gasteiger charge is 2.22. The average molecular weight is 398 g/mol. The van der Waals surface area contributed by atoms with Gasteiger partial charge in [-0.2, -0.15) is 4.98 Å². The van der Waals surface area contributed by atoms with Crippen LogP contribution in [0.25, 0.3) is 5.78 Å². The molecule has 0 aliphatic carbocycles. The number of thioether (sulfide) groups is 1. The summed E-state index contributed by atoms with van der Waals surface area (Å²) in [6.07, 6.45) is 3.16. The Hall–Kier alpha value is -2.41. The van der Waals surface area contributed by atoms with Crippen molar-refractivity contribution in [1.82, 2.24) is 24.5 Å². The number of nitrogens with zero attached hydrogens (tertiary/aromatic N) is 5. The third kappa shape index (κ3) is 4.19. The fourth-order valence-electron chi connectivity index (χ4n) is 3.28. The van der Waals surface area contributed by atoms with Crippen LogP contribution in [0.4, 0.5) is 0 Å². The number of carbonyl (C=O) groups excluding carboxylic acids is 1. The second kappa shape index (κ2) is 8.73. The third-order valence-electron chi connectivity index (χ3n) is 5.18. The molecule has 7 heteroatoms. The van der Waals surface area contributed by atoms with Gasteiger partial charge in [-0.15, -0.1) is 5.10 Å². The van der Waals surface area contributed by atoms with Crippen molar-refractivity contribution in [3.05, 3.63) is 52.8 Å². The molecular formula is C21H27N5OS. The molecule has 2 heterocycles. The summed E-state index contributed by atoms with van der Waals surface area (Å²) in [5, 5.41) is 5.17. The number of aryl methyl sites for hydroxylation is 2. The maximum Gasteiger partial charge on any atom is 0.253 e. The fourth-order valence-corrected chi connectivity index (χ4v) is 3.61. The predicted molar refractivity (Wildman–Crippen MR) is 112 cm³/mol. The van der Waals surface area contributed by atoms with Crippen LogP contribution in [0.2, 0.25) is 0 Å². The molecule has 0 radical (unpaired) electrons. The van der Waals surface area contributed by atoms with Gasteiger partial charge in [0, 0.05) is 29.5 Å². The molecule has 1 aromatic carbocycles. The Kier molecular flexibility index (Phi) is 6.34. The van der Waals surface area contributed by atoms with Gasteiger partial charge in [-0.1, -0.05) is 49.0 Å². The summed E-state index contributed by atoms with van der Waals surface area (Å²) in [6.45, 7) is 8.74. The van der Waals surface area contributed by atoms with Crippen molar-refractivity contribution < 1.29 is 4.79 Å². The molecule has 2 aromatic heterocycles. The number of benzene rings is 1. The Morgan fingerprint density at radius 3 is 2.57 bits per heavy atom. The van der Waals surface area contributed by atoms with E-state index in [1.165, 1.54) is 11.8 Å². The van der Waals surface area contributed by atoms with E-state index < -0.39 is 0 Å². The lowest BCUT2D eigenvalue weighted by Crippen LogP contribution is -2.39. The van der Waals surface area contributed by atoms with Crippen LogP contribution < -0.4 is 0 Å². The normalized spacial score (nSPS) is 12.3. The number of rotatable bonds is 7. The molecule has 0 aliphatic rings. The predicted octanol–water partition coefficient (Wildman–Crippen LogP) is 3.83. The second-order valence-electron chi connectivity index (χ2n) is 7.01. The average Bonchev–Trinajstić information content (AvgIpc) is 3.12. The van der Waals surface area contributed by atoms with Gasteiger partial charge in [0.25, 0.3) is 5.78 Å². The minimum Gasteiger partial charge on any atom is -0.335 e. The van der Waals surface area contributed by atoms with Crippen molar-refractivity contribution in [2.24, 2.45) is 0 Å². The van der Waals surface area contributed by atoms with E-state index in [-0.39, 0.29) is 11.9 Å². The molecule has 1 unspecified atom stereocenters. The highest BCUT2D eigenvalue weighted by Crippen LogP contribution is 2.19. The van der Waals surface area contributed by atoms with E-state index >= 15 is 0 Å². The van der Waals surface area contributed by atoms with Crippen molar-refractivity contribution in [3.8, 4) is 0 Å². The number of aromatic nitrogens is 4. The molecule has 3 aromatic rings. The molecule has 0 fully saturated rings. The van der Waals surface area contributed by atoms with Crippen molar-refractivity contribution in [3.63, 3.8) is 0 Å². The van der Waals surface area contributed by atoms with Gasteiger partial charge in [-0.05, 0) is 39.0 Å². The molecule has 3 rings (SSSR count). The smallest absolute Gasteiger partial charge is 0.253 e. The quantitative estimate of drug-likeness (QED) is 0.567. The molecule has 0 saturated heterocycles. The maximum absolute atomic E-state index is 13.3. The molecule has 1 amide bonds. The first-order chi connectivity index (χ1) is 13.4. The zero-order chi connectivity index (χ0) is 20.3. The minimum absolute atomic E-state index is 0.107. The van der Waals surface area contributed by atoms with E-state index in [2.05, 4.69) is 41.0 Å². The zero-order valence-electron chi connectivity index (χ0n) is 17.1. The largest absolute Gasteiger partial charge is 0.335 e. The van der Waals surface area contributed by atoms with Gasteiger partial charge in [0.05, 0.1) is 6.42 Å². The van der Waals surface area contributed by atoms with E-state index in [0.717, 1.165) is 28.9 Å². The van der Waals surface area contributed by atoms with Gasteiger partial charge in [0.15, 0.2) is 0 Å². The van der Waals surface area contributed by atoms with Crippen LogP contribution in [-0.2, 0) is 17.8 Å². The Morgan fingerprint density at radius 2 is 1.93 bits per heavy atom. The van der Waals surface area contributed by atoms with E-state index in [9.17, 15) is 4.79 Å². The molecule has 0 bridgehead atoms. The third-order valence-corrected chi connectivity index (χ3v) is 5.72. The lowest BCUT2D eigenvalue weighted by atomic mass is 10.1. The van der Waals surface area contributed by atoms with Crippen LogP contribution >= 0.6 is 11.8 Å². The van der Waals surface area contributed by atoms with Crippen LogP contribution in [0.15, 0.2) is 35.5 Å². The molecule has 0 spiro atoms. The lowest BCUT2D eigenvalue weighted by Gasteiger charge is -2.29. The van der Waals surface area contributed by atoms with E-state index in [0.29, 0.717) is 23.9 Å². The summed E-state index contributed by atoms with van der Waals surface area (Å²) < 4.78 is 1.74. The first-order valence-corrected chi connectivity index (χ1v) is 10.8. The van der Waals surface area contributed by atoms with Gasteiger partial charge in [-0.25, -0.2) is 9.50 Å². The van der Waals surface area contributed by atoms with Crippen molar-refractivity contribution >= 4 is 23.4 Å². The van der Waals surface area contributed by atoms with Gasteiger partial charge in [0.2, 0.25) is 11.1 Å². The van der Waals surface area contributed by atoms with Crippen LogP contribution in [0.5, 0.6) is 0 Å². The van der Waals surface area contributed by atoms with Crippen LogP contribution in [0.3, 0.4) is 0 Å². The standard InChI is InChI=1S/C21H27N5OS/c1-6-14(2)25(13-17-10-8-7-9-11-17)19(27)12-18-15(3)22-20-23-21(28-5)24-26(20)16(18)4/h7-11,14H,6,12-13H2,1-5H3. The molecular weight excluding hydrogens is 370 g/mol. The van der Waals surface area contributed by atoms with E-state index in [4.69, 9.17) is 0 Å². The van der Waals surface area contributed by atoms with Crippen LogP contribution in [0.1, 0.15) is 42.8 Å². The number of carbonyl (C=O) groups is 1. The Morgan fingerprint density at radius 1 is 1.21 bits per heavy atom. The fraction of sp³-hybridized carbons (Fsp3) is 0.429. The van der Waals surface area contributed by atoms with Crippen molar-refractivity contribution in [2.45, 2.75) is 58.3 Å². The molecule has 0 saturated carbocycles. The summed E-state index contributed by atoms with van der Waals surface area (Å²) in [5.74, 6) is 0.689. The highest BCUT2D eigenvalue weighted by molar-refractivity contribution is 7.98. The van der Waals surface area contributed by atoms with Crippen molar-refractivity contribution in [2.75, 3.05) is 6.26 Å². The van der Waals surface area contributed by atoms with Crippen LogP contribution in [-0.4, -0.2) is 42.7 Å². The van der Waals surface area contributed by atoms with Crippen LogP contribution in [0, 0.1) is 13.8 Å². The first-order valence-electron chi connectivity index (χ1n) is 9.54. The summed E-state index contributed by atoms with van der Waals surface area (Å²) in [5.41, 5.74) is 3.82. The highest BCUT2D eigenvalue weighted by atomic mass is 32.2. The Bertz CT molecular complexity index is 970. The SMILES string of the molecule is CCC(C)N(Cc1ccccc1)C(=O)Cc1c(C)nc2nc(SC)nn2c1C. The Balaban J connectivity index is 1.90. The topological polar surface area (TPSA) is 63.4 Å². The molecule has 6 nitrogen and oxygen atoms in total. The molecule has 0 N–H and O–H groups in total. The zero-order valence-corrected chi connectivity index (χ0v) is 18.0. The molecule has 28 heavy (non-hydrogen) atoms. The summed E-state index contributed by atoms with van der Waals surface area (Å²) in [7, 11) is 0. The summed E-state index contributed by atoms with van der Waals surface area (Å²) in [4.78, 5) is 24.2. The van der Waals surface area contributed by atoms with E-state index in [1.54, 1.807) is 4.52 Å². The van der Waals surface area contributed by atoms with Gasteiger partial charge >= 0.3 is 0 Å². The minimum atomic E-state index is 0.107. The van der Waals surface area contributed by atoms with Gasteiger partial charge < -0.3 is 4.90 Å². The summed E-state index contributed by atoms with van der Waals surface area (Å²) in [6, 6.07) is 10.3. The Labute approximate surface area is 170 Å².